The lowest BCUT2D eigenvalue weighted by Crippen LogP contribution is -2.32. The summed E-state index contributed by atoms with van der Waals surface area (Å²) in [5.41, 5.74) is -0.222. The lowest BCUT2D eigenvalue weighted by atomic mass is 10.1. The van der Waals surface area contributed by atoms with Gasteiger partial charge in [0.2, 0.25) is 0 Å². The van der Waals surface area contributed by atoms with Gasteiger partial charge in [-0.05, 0) is 24.1 Å². The minimum absolute atomic E-state index is 0.0660. The van der Waals surface area contributed by atoms with E-state index >= 15 is 0 Å². The van der Waals surface area contributed by atoms with Gasteiger partial charge in [0.1, 0.15) is 5.82 Å². The van der Waals surface area contributed by atoms with Gasteiger partial charge in [-0.1, -0.05) is 13.8 Å². The van der Waals surface area contributed by atoms with E-state index in [1.54, 1.807) is 0 Å². The topological polar surface area (TPSA) is 78.4 Å². The summed E-state index contributed by atoms with van der Waals surface area (Å²) in [5.74, 6) is -1.57. The number of amides is 2. The maximum atomic E-state index is 13.0. The molecule has 0 aliphatic carbocycles. The van der Waals surface area contributed by atoms with Gasteiger partial charge in [-0.15, -0.1) is 0 Å². The summed E-state index contributed by atoms with van der Waals surface area (Å²) in [4.78, 5) is 22.4. The number of hydrogen-bond donors (Lipinski definition) is 3. The number of carbonyl (C=O) groups is 2. The highest BCUT2D eigenvalue weighted by Crippen LogP contribution is 2.17. The van der Waals surface area contributed by atoms with Crippen LogP contribution in [0.3, 0.4) is 0 Å². The Morgan fingerprint density at radius 3 is 2.61 bits per heavy atom. The third-order valence-electron chi connectivity index (χ3n) is 2.13. The van der Waals surface area contributed by atoms with Gasteiger partial charge in [-0.25, -0.2) is 14.0 Å². The number of anilines is 1. The molecular formula is C12H15FN2O3. The number of hydrogen-bond acceptors (Lipinski definition) is 2. The van der Waals surface area contributed by atoms with Crippen LogP contribution in [0, 0.1) is 11.7 Å². The summed E-state index contributed by atoms with van der Waals surface area (Å²) in [5, 5.41) is 13.8. The molecule has 5 nitrogen and oxygen atoms in total. The molecule has 0 aliphatic rings. The highest BCUT2D eigenvalue weighted by atomic mass is 19.1. The molecule has 98 valence electrons. The summed E-state index contributed by atoms with van der Waals surface area (Å²) in [6.07, 6.45) is 0. The second kappa shape index (κ2) is 6.00. The van der Waals surface area contributed by atoms with Crippen molar-refractivity contribution in [1.29, 1.82) is 0 Å². The van der Waals surface area contributed by atoms with Crippen molar-refractivity contribution in [2.75, 3.05) is 11.9 Å². The van der Waals surface area contributed by atoms with Crippen LogP contribution in [0.4, 0.5) is 14.9 Å². The zero-order valence-electron chi connectivity index (χ0n) is 10.2. The number of rotatable bonds is 4. The number of carbonyl (C=O) groups excluding carboxylic acids is 1. The van der Waals surface area contributed by atoms with Crippen molar-refractivity contribution >= 4 is 17.7 Å². The maximum absolute atomic E-state index is 13.0. The van der Waals surface area contributed by atoms with Gasteiger partial charge >= 0.3 is 12.0 Å². The van der Waals surface area contributed by atoms with Crippen LogP contribution in [0.25, 0.3) is 0 Å². The van der Waals surface area contributed by atoms with Gasteiger partial charge in [0.25, 0.3) is 0 Å². The van der Waals surface area contributed by atoms with E-state index in [2.05, 4.69) is 10.6 Å². The summed E-state index contributed by atoms with van der Waals surface area (Å²) in [6, 6.07) is 2.55. The van der Waals surface area contributed by atoms with Crippen molar-refractivity contribution in [1.82, 2.24) is 5.32 Å². The average molecular weight is 254 g/mol. The van der Waals surface area contributed by atoms with Crippen LogP contribution in [-0.4, -0.2) is 23.7 Å². The standard InChI is InChI=1S/C12H15FN2O3/c1-7(2)6-14-12(18)15-10-5-8(13)3-4-9(10)11(16)17/h3-5,7H,6H2,1-2H3,(H,16,17)(H2,14,15,18). The Labute approximate surface area is 104 Å². The molecule has 1 rings (SSSR count). The summed E-state index contributed by atoms with van der Waals surface area (Å²) in [7, 11) is 0. The SMILES string of the molecule is CC(C)CNC(=O)Nc1cc(F)ccc1C(=O)O. The fourth-order valence-corrected chi connectivity index (χ4v) is 1.27. The van der Waals surface area contributed by atoms with Gasteiger partial charge in [0.05, 0.1) is 11.3 Å². The van der Waals surface area contributed by atoms with Crippen molar-refractivity contribution < 1.29 is 19.1 Å². The number of nitrogens with one attached hydrogen (secondary N) is 2. The summed E-state index contributed by atoms with van der Waals surface area (Å²) in [6.45, 7) is 4.29. The molecule has 0 unspecified atom stereocenters. The Hall–Kier alpha value is -2.11. The smallest absolute Gasteiger partial charge is 0.337 e. The zero-order chi connectivity index (χ0) is 13.7. The molecule has 1 aromatic carbocycles. The molecule has 0 saturated carbocycles. The number of benzene rings is 1. The molecule has 0 heterocycles. The molecule has 0 radical (unpaired) electrons. The first kappa shape index (κ1) is 14.0. The second-order valence-electron chi connectivity index (χ2n) is 4.22. The lowest BCUT2D eigenvalue weighted by molar-refractivity contribution is 0.0698. The number of halogens is 1. The van der Waals surface area contributed by atoms with E-state index in [9.17, 15) is 14.0 Å². The van der Waals surface area contributed by atoms with Crippen molar-refractivity contribution in [2.45, 2.75) is 13.8 Å². The number of carboxylic acid groups (broad SMARTS) is 1. The Morgan fingerprint density at radius 2 is 2.06 bits per heavy atom. The van der Waals surface area contributed by atoms with Crippen LogP contribution in [0.1, 0.15) is 24.2 Å². The van der Waals surface area contributed by atoms with Gasteiger partial charge in [0, 0.05) is 6.54 Å². The van der Waals surface area contributed by atoms with Crippen LogP contribution < -0.4 is 10.6 Å². The van der Waals surface area contributed by atoms with Gasteiger partial charge in [-0.2, -0.15) is 0 Å². The van der Waals surface area contributed by atoms with Gasteiger partial charge in [-0.3, -0.25) is 0 Å². The minimum atomic E-state index is -1.23. The predicted octanol–water partition coefficient (Wildman–Crippen LogP) is 2.30. The molecule has 0 aromatic heterocycles. The fraction of sp³-hybridized carbons (Fsp3) is 0.333. The second-order valence-corrected chi connectivity index (χ2v) is 4.22. The van der Waals surface area contributed by atoms with E-state index in [-0.39, 0.29) is 17.2 Å². The number of carboxylic acids is 1. The first-order chi connectivity index (χ1) is 8.40. The molecule has 0 spiro atoms. The van der Waals surface area contributed by atoms with E-state index in [0.717, 1.165) is 18.2 Å². The van der Waals surface area contributed by atoms with Crippen molar-refractivity contribution in [3.63, 3.8) is 0 Å². The summed E-state index contributed by atoms with van der Waals surface area (Å²) >= 11 is 0. The Kier molecular flexibility index (Phi) is 4.65. The average Bonchev–Trinajstić information content (AvgIpc) is 2.26. The van der Waals surface area contributed by atoms with Crippen LogP contribution in [0.2, 0.25) is 0 Å². The van der Waals surface area contributed by atoms with Gasteiger partial charge < -0.3 is 15.7 Å². The minimum Gasteiger partial charge on any atom is -0.478 e. The molecule has 18 heavy (non-hydrogen) atoms. The van der Waals surface area contributed by atoms with Crippen molar-refractivity contribution in [3.05, 3.63) is 29.6 Å². The molecular weight excluding hydrogens is 239 g/mol. The third-order valence-corrected chi connectivity index (χ3v) is 2.13. The molecule has 6 heteroatoms. The van der Waals surface area contributed by atoms with Crippen LogP contribution in [0.5, 0.6) is 0 Å². The van der Waals surface area contributed by atoms with E-state index < -0.39 is 17.8 Å². The highest BCUT2D eigenvalue weighted by Gasteiger charge is 2.13. The fourth-order valence-electron chi connectivity index (χ4n) is 1.27. The first-order valence-electron chi connectivity index (χ1n) is 5.48. The lowest BCUT2D eigenvalue weighted by Gasteiger charge is -2.11. The molecule has 0 aliphatic heterocycles. The molecule has 2 amide bonds. The zero-order valence-corrected chi connectivity index (χ0v) is 10.2. The van der Waals surface area contributed by atoms with Crippen molar-refractivity contribution in [3.8, 4) is 0 Å². The van der Waals surface area contributed by atoms with E-state index in [1.165, 1.54) is 0 Å². The Balaban J connectivity index is 2.79. The van der Waals surface area contributed by atoms with Crippen LogP contribution in [0.15, 0.2) is 18.2 Å². The number of aromatic carboxylic acids is 1. The molecule has 0 atom stereocenters. The molecule has 0 fully saturated rings. The largest absolute Gasteiger partial charge is 0.478 e. The van der Waals surface area contributed by atoms with E-state index in [1.807, 2.05) is 13.8 Å². The quantitative estimate of drug-likeness (QED) is 0.771. The Morgan fingerprint density at radius 1 is 1.39 bits per heavy atom. The number of urea groups is 1. The summed E-state index contributed by atoms with van der Waals surface area (Å²) < 4.78 is 13.0. The normalized spacial score (nSPS) is 10.2. The third kappa shape index (κ3) is 4.04. The predicted molar refractivity (Wildman–Crippen MR) is 65.2 cm³/mol. The molecule has 0 bridgehead atoms. The highest BCUT2D eigenvalue weighted by molar-refractivity contribution is 5.99. The van der Waals surface area contributed by atoms with E-state index in [4.69, 9.17) is 5.11 Å². The first-order valence-corrected chi connectivity index (χ1v) is 5.48. The molecule has 3 N–H and O–H groups in total. The van der Waals surface area contributed by atoms with E-state index in [0.29, 0.717) is 6.54 Å². The van der Waals surface area contributed by atoms with Crippen molar-refractivity contribution in [2.24, 2.45) is 5.92 Å². The molecule has 0 saturated heterocycles. The van der Waals surface area contributed by atoms with Gasteiger partial charge in [0.15, 0.2) is 0 Å². The van der Waals surface area contributed by atoms with Crippen LogP contribution >= 0.6 is 0 Å². The Bertz CT molecular complexity index is 461. The molecule has 1 aromatic rings. The monoisotopic (exact) mass is 254 g/mol. The van der Waals surface area contributed by atoms with Crippen LogP contribution in [-0.2, 0) is 0 Å². The maximum Gasteiger partial charge on any atom is 0.337 e.